The molecule has 0 bridgehead atoms. The highest BCUT2D eigenvalue weighted by Crippen LogP contribution is 2.25. The van der Waals surface area contributed by atoms with Crippen molar-refractivity contribution in [3.8, 4) is 0 Å². The molecule has 1 aromatic rings. The van der Waals surface area contributed by atoms with Crippen molar-refractivity contribution in [3.05, 3.63) is 29.8 Å². The molecule has 0 aliphatic carbocycles. The molecule has 3 nitrogen and oxygen atoms in total. The van der Waals surface area contributed by atoms with Gasteiger partial charge in [0.15, 0.2) is 0 Å². The fraction of sp³-hybridized carbons (Fsp3) is 0.385. The molecule has 0 saturated heterocycles. The summed E-state index contributed by atoms with van der Waals surface area (Å²) in [5, 5.41) is 0. The van der Waals surface area contributed by atoms with E-state index in [1.165, 1.54) is 5.56 Å². The summed E-state index contributed by atoms with van der Waals surface area (Å²) in [4.78, 5) is 16.8. The average Bonchev–Trinajstić information content (AvgIpc) is 2.63. The monoisotopic (exact) mass is 216 g/mol. The highest BCUT2D eigenvalue weighted by Gasteiger charge is 2.19. The molecule has 1 heterocycles. The van der Waals surface area contributed by atoms with E-state index in [1.54, 1.807) is 11.1 Å². The molecule has 0 unspecified atom stereocenters. The van der Waals surface area contributed by atoms with Gasteiger partial charge in [-0.1, -0.05) is 32.9 Å². The normalized spacial score (nSPS) is 15.9. The third kappa shape index (κ3) is 1.98. The number of anilines is 1. The molecule has 2 rings (SSSR count). The van der Waals surface area contributed by atoms with Crippen LogP contribution in [0.2, 0.25) is 0 Å². The number of carbonyl (C=O) groups excluding carboxylic acids is 1. The fourth-order valence-electron chi connectivity index (χ4n) is 1.71. The molecule has 0 aromatic heterocycles. The maximum atomic E-state index is 11.4. The van der Waals surface area contributed by atoms with Crippen LogP contribution in [0, 0.1) is 0 Å². The van der Waals surface area contributed by atoms with Crippen LogP contribution < -0.4 is 4.90 Å². The minimum atomic E-state index is -0.177. The van der Waals surface area contributed by atoms with Gasteiger partial charge >= 0.3 is 6.03 Å². The van der Waals surface area contributed by atoms with E-state index in [4.69, 9.17) is 0 Å². The zero-order valence-corrected chi connectivity index (χ0v) is 9.90. The van der Waals surface area contributed by atoms with Crippen molar-refractivity contribution in [1.29, 1.82) is 0 Å². The number of amides is 2. The lowest BCUT2D eigenvalue weighted by Gasteiger charge is -2.20. The predicted octanol–water partition coefficient (Wildman–Crippen LogP) is 2.99. The molecule has 84 valence electrons. The van der Waals surface area contributed by atoms with Crippen LogP contribution in [0.1, 0.15) is 26.3 Å². The lowest BCUT2D eigenvalue weighted by molar-refractivity contribution is 0.256. The van der Waals surface area contributed by atoms with Gasteiger partial charge in [0.1, 0.15) is 0 Å². The lowest BCUT2D eigenvalue weighted by atomic mass is 9.87. The number of urea groups is 1. The Morgan fingerprint density at radius 2 is 1.81 bits per heavy atom. The van der Waals surface area contributed by atoms with E-state index in [9.17, 15) is 4.79 Å². The van der Waals surface area contributed by atoms with Crippen LogP contribution in [-0.2, 0) is 5.41 Å². The summed E-state index contributed by atoms with van der Waals surface area (Å²) in [6.07, 6.45) is 1.64. The second-order valence-corrected chi connectivity index (χ2v) is 5.00. The molecule has 0 N–H and O–H groups in total. The van der Waals surface area contributed by atoms with Crippen LogP contribution in [-0.4, -0.2) is 18.8 Å². The van der Waals surface area contributed by atoms with Crippen LogP contribution in [0.3, 0.4) is 0 Å². The fourth-order valence-corrected chi connectivity index (χ4v) is 1.71. The molecule has 0 radical (unpaired) electrons. The van der Waals surface area contributed by atoms with Crippen molar-refractivity contribution in [2.45, 2.75) is 26.2 Å². The van der Waals surface area contributed by atoms with Crippen molar-refractivity contribution in [1.82, 2.24) is 0 Å². The van der Waals surface area contributed by atoms with Gasteiger partial charge in [0.2, 0.25) is 0 Å². The average molecular weight is 216 g/mol. The number of hydrogen-bond acceptors (Lipinski definition) is 1. The largest absolute Gasteiger partial charge is 0.348 e. The van der Waals surface area contributed by atoms with E-state index in [-0.39, 0.29) is 11.4 Å². The zero-order valence-electron chi connectivity index (χ0n) is 9.90. The molecule has 2 amide bonds. The smallest absolute Gasteiger partial charge is 0.287 e. The van der Waals surface area contributed by atoms with Crippen LogP contribution in [0.15, 0.2) is 29.3 Å². The molecular weight excluding hydrogens is 200 g/mol. The molecule has 0 fully saturated rings. The van der Waals surface area contributed by atoms with Gasteiger partial charge in [-0.2, -0.15) is 0 Å². The molecule has 1 aliphatic heterocycles. The first-order chi connectivity index (χ1) is 7.48. The van der Waals surface area contributed by atoms with Crippen LogP contribution in [0.4, 0.5) is 10.5 Å². The Hall–Kier alpha value is -1.64. The summed E-state index contributed by atoms with van der Waals surface area (Å²) in [5.74, 6) is 0. The van der Waals surface area contributed by atoms with Gasteiger partial charge in [-0.05, 0) is 23.1 Å². The second-order valence-electron chi connectivity index (χ2n) is 5.00. The molecular formula is C13H16N2O. The van der Waals surface area contributed by atoms with Gasteiger partial charge in [0, 0.05) is 11.9 Å². The lowest BCUT2D eigenvalue weighted by Crippen LogP contribution is -2.24. The van der Waals surface area contributed by atoms with Gasteiger partial charge in [-0.15, -0.1) is 0 Å². The standard InChI is InChI=1S/C13H16N2O/c1-13(2,3)10-4-6-11(7-5-10)15-9-8-14-12(15)16/h4-8H,9H2,1-3H3. The van der Waals surface area contributed by atoms with Crippen molar-refractivity contribution in [2.75, 3.05) is 11.4 Å². The number of hydrogen-bond donors (Lipinski definition) is 0. The molecule has 3 heteroatoms. The first-order valence-electron chi connectivity index (χ1n) is 5.43. The summed E-state index contributed by atoms with van der Waals surface area (Å²) < 4.78 is 0. The van der Waals surface area contributed by atoms with Crippen molar-refractivity contribution in [2.24, 2.45) is 4.99 Å². The minimum Gasteiger partial charge on any atom is -0.287 e. The number of benzene rings is 1. The van der Waals surface area contributed by atoms with E-state index < -0.39 is 0 Å². The highest BCUT2D eigenvalue weighted by atomic mass is 16.2. The molecule has 0 spiro atoms. The quantitative estimate of drug-likeness (QED) is 0.710. The van der Waals surface area contributed by atoms with E-state index >= 15 is 0 Å². The summed E-state index contributed by atoms with van der Waals surface area (Å²) in [6, 6.07) is 7.92. The first kappa shape index (κ1) is 10.9. The Morgan fingerprint density at radius 3 is 2.25 bits per heavy atom. The van der Waals surface area contributed by atoms with Gasteiger partial charge in [0.05, 0.1) is 6.54 Å². The van der Waals surface area contributed by atoms with Gasteiger partial charge in [-0.3, -0.25) is 4.90 Å². The maximum Gasteiger partial charge on any atom is 0.348 e. The van der Waals surface area contributed by atoms with Crippen LogP contribution in [0.25, 0.3) is 0 Å². The Balaban J connectivity index is 2.23. The van der Waals surface area contributed by atoms with Gasteiger partial charge in [-0.25, -0.2) is 9.79 Å². The number of carbonyl (C=O) groups is 1. The van der Waals surface area contributed by atoms with E-state index in [0.29, 0.717) is 6.54 Å². The predicted molar refractivity (Wildman–Crippen MR) is 66.4 cm³/mol. The Kier molecular flexibility index (Phi) is 2.54. The Morgan fingerprint density at radius 1 is 1.19 bits per heavy atom. The van der Waals surface area contributed by atoms with Gasteiger partial charge < -0.3 is 0 Å². The van der Waals surface area contributed by atoms with Crippen molar-refractivity contribution >= 4 is 17.9 Å². The first-order valence-corrected chi connectivity index (χ1v) is 5.43. The number of nitrogens with zero attached hydrogens (tertiary/aromatic N) is 2. The maximum absolute atomic E-state index is 11.4. The highest BCUT2D eigenvalue weighted by molar-refractivity contribution is 6.04. The molecule has 0 atom stereocenters. The Labute approximate surface area is 95.8 Å². The summed E-state index contributed by atoms with van der Waals surface area (Å²) in [7, 11) is 0. The van der Waals surface area contributed by atoms with E-state index in [0.717, 1.165) is 5.69 Å². The summed E-state index contributed by atoms with van der Waals surface area (Å²) in [5.41, 5.74) is 2.32. The SMILES string of the molecule is CC(C)(C)c1ccc(N2CC=NC2=O)cc1. The molecule has 0 saturated carbocycles. The second kappa shape index (κ2) is 3.74. The van der Waals surface area contributed by atoms with E-state index in [2.05, 4.69) is 37.9 Å². The van der Waals surface area contributed by atoms with E-state index in [1.807, 2.05) is 12.1 Å². The third-order valence-corrected chi connectivity index (χ3v) is 2.74. The number of rotatable bonds is 1. The molecule has 16 heavy (non-hydrogen) atoms. The number of aliphatic imine (C=N–C) groups is 1. The zero-order chi connectivity index (χ0) is 11.8. The third-order valence-electron chi connectivity index (χ3n) is 2.74. The van der Waals surface area contributed by atoms with Crippen LogP contribution in [0.5, 0.6) is 0 Å². The summed E-state index contributed by atoms with van der Waals surface area (Å²) >= 11 is 0. The van der Waals surface area contributed by atoms with Crippen LogP contribution >= 0.6 is 0 Å². The Bertz CT molecular complexity index is 426. The summed E-state index contributed by atoms with van der Waals surface area (Å²) in [6.45, 7) is 7.10. The topological polar surface area (TPSA) is 32.7 Å². The van der Waals surface area contributed by atoms with Gasteiger partial charge in [0.25, 0.3) is 0 Å². The van der Waals surface area contributed by atoms with Crippen molar-refractivity contribution in [3.63, 3.8) is 0 Å². The minimum absolute atomic E-state index is 0.143. The molecule has 1 aromatic carbocycles. The van der Waals surface area contributed by atoms with Crippen molar-refractivity contribution < 1.29 is 4.79 Å². The molecule has 1 aliphatic rings.